The van der Waals surface area contributed by atoms with Gasteiger partial charge in [-0.25, -0.2) is 4.98 Å². The van der Waals surface area contributed by atoms with Crippen LogP contribution in [0.25, 0.3) is 10.2 Å². The third-order valence-electron chi connectivity index (χ3n) is 5.51. The van der Waals surface area contributed by atoms with Gasteiger partial charge in [0.25, 0.3) is 5.56 Å². The number of carbonyl (C=O) groups is 1. The predicted molar refractivity (Wildman–Crippen MR) is 111 cm³/mol. The molecule has 148 valence electrons. The van der Waals surface area contributed by atoms with Gasteiger partial charge in [-0.15, -0.1) is 23.7 Å². The Labute approximate surface area is 169 Å². The minimum Gasteiger partial charge on any atom is -0.353 e. The van der Waals surface area contributed by atoms with Gasteiger partial charge in [0, 0.05) is 23.8 Å². The van der Waals surface area contributed by atoms with Crippen LogP contribution in [0.2, 0.25) is 0 Å². The van der Waals surface area contributed by atoms with Crippen LogP contribution in [0.3, 0.4) is 0 Å². The van der Waals surface area contributed by atoms with E-state index in [0.717, 1.165) is 55.4 Å². The van der Waals surface area contributed by atoms with Gasteiger partial charge in [-0.1, -0.05) is 6.92 Å². The van der Waals surface area contributed by atoms with E-state index in [2.05, 4.69) is 27.5 Å². The van der Waals surface area contributed by atoms with Gasteiger partial charge in [0.15, 0.2) is 0 Å². The van der Waals surface area contributed by atoms with E-state index >= 15 is 0 Å². The molecule has 1 aliphatic carbocycles. The third-order valence-corrected chi connectivity index (χ3v) is 6.66. The van der Waals surface area contributed by atoms with Crippen molar-refractivity contribution < 1.29 is 4.79 Å². The summed E-state index contributed by atoms with van der Waals surface area (Å²) in [6, 6.07) is 0.268. The number of aromatic nitrogens is 2. The zero-order chi connectivity index (χ0) is 18.1. The molecule has 2 aliphatic rings. The van der Waals surface area contributed by atoms with Gasteiger partial charge in [-0.05, 0) is 56.7 Å². The van der Waals surface area contributed by atoms with Gasteiger partial charge < -0.3 is 15.6 Å². The maximum atomic E-state index is 12.6. The summed E-state index contributed by atoms with van der Waals surface area (Å²) in [5.74, 6) is 1.33. The van der Waals surface area contributed by atoms with Crippen molar-refractivity contribution in [3.8, 4) is 0 Å². The van der Waals surface area contributed by atoms with Crippen LogP contribution in [-0.2, 0) is 24.1 Å². The second kappa shape index (κ2) is 8.71. The summed E-state index contributed by atoms with van der Waals surface area (Å²) < 4.78 is 0. The number of nitrogens with one attached hydrogen (secondary N) is 3. The molecule has 6 nitrogen and oxygen atoms in total. The molecule has 1 saturated heterocycles. The first-order valence-electron chi connectivity index (χ1n) is 9.63. The molecule has 4 rings (SSSR count). The van der Waals surface area contributed by atoms with Crippen molar-refractivity contribution in [1.82, 2.24) is 20.6 Å². The number of piperidine rings is 1. The minimum absolute atomic E-state index is 0. The lowest BCUT2D eigenvalue weighted by molar-refractivity contribution is -0.121. The number of hydrogen-bond acceptors (Lipinski definition) is 5. The summed E-state index contributed by atoms with van der Waals surface area (Å²) >= 11 is 1.66. The smallest absolute Gasteiger partial charge is 0.259 e. The zero-order valence-corrected chi connectivity index (χ0v) is 17.2. The van der Waals surface area contributed by atoms with Crippen molar-refractivity contribution in [2.75, 3.05) is 13.1 Å². The molecular formula is C19H27ClN4O2S. The number of aryl methyl sites for hydroxylation is 2. The first-order chi connectivity index (χ1) is 12.6. The Morgan fingerprint density at radius 2 is 2.07 bits per heavy atom. The molecule has 3 heterocycles. The quantitative estimate of drug-likeness (QED) is 0.721. The Balaban J connectivity index is 0.00000210. The minimum atomic E-state index is -0.0455. The third kappa shape index (κ3) is 4.52. The number of fused-ring (bicyclic) bond motifs is 3. The van der Waals surface area contributed by atoms with Crippen molar-refractivity contribution in [3.63, 3.8) is 0 Å². The second-order valence-electron chi connectivity index (χ2n) is 7.64. The molecule has 1 atom stereocenters. The van der Waals surface area contributed by atoms with E-state index in [9.17, 15) is 9.59 Å². The van der Waals surface area contributed by atoms with Gasteiger partial charge in [0.2, 0.25) is 5.91 Å². The summed E-state index contributed by atoms with van der Waals surface area (Å²) in [7, 11) is 0. The van der Waals surface area contributed by atoms with E-state index in [1.165, 1.54) is 10.4 Å². The monoisotopic (exact) mass is 410 g/mol. The highest BCUT2D eigenvalue weighted by atomic mass is 35.5. The van der Waals surface area contributed by atoms with Gasteiger partial charge >= 0.3 is 0 Å². The number of carbonyl (C=O) groups excluding carboxylic acids is 1. The Kier molecular flexibility index (Phi) is 6.55. The highest BCUT2D eigenvalue weighted by molar-refractivity contribution is 7.18. The van der Waals surface area contributed by atoms with Crippen molar-refractivity contribution in [1.29, 1.82) is 0 Å². The number of nitrogens with zero attached hydrogens (tertiary/aromatic N) is 1. The average molecular weight is 411 g/mol. The summed E-state index contributed by atoms with van der Waals surface area (Å²) in [6.07, 6.45) is 5.94. The summed E-state index contributed by atoms with van der Waals surface area (Å²) in [5, 5.41) is 7.16. The molecule has 2 aromatic rings. The van der Waals surface area contributed by atoms with Crippen LogP contribution in [0, 0.1) is 5.92 Å². The van der Waals surface area contributed by atoms with E-state index in [1.54, 1.807) is 11.3 Å². The summed E-state index contributed by atoms with van der Waals surface area (Å²) in [6.45, 7) is 4.17. The van der Waals surface area contributed by atoms with E-state index in [0.29, 0.717) is 24.6 Å². The molecule has 3 N–H and O–H groups in total. The van der Waals surface area contributed by atoms with E-state index in [4.69, 9.17) is 0 Å². The number of H-pyrrole nitrogens is 1. The number of rotatable bonds is 4. The highest BCUT2D eigenvalue weighted by Gasteiger charge is 2.23. The molecule has 0 aromatic carbocycles. The van der Waals surface area contributed by atoms with Crippen LogP contribution in [0.15, 0.2) is 4.79 Å². The lowest BCUT2D eigenvalue weighted by atomic mass is 9.89. The molecule has 1 unspecified atom stereocenters. The van der Waals surface area contributed by atoms with Crippen molar-refractivity contribution in [2.24, 2.45) is 5.92 Å². The molecule has 1 aliphatic heterocycles. The lowest BCUT2D eigenvalue weighted by Crippen LogP contribution is -2.42. The topological polar surface area (TPSA) is 86.9 Å². The Morgan fingerprint density at radius 1 is 1.30 bits per heavy atom. The lowest BCUT2D eigenvalue weighted by Gasteiger charge is -2.23. The molecule has 1 fully saturated rings. The maximum Gasteiger partial charge on any atom is 0.259 e. The molecular weight excluding hydrogens is 384 g/mol. The first kappa shape index (κ1) is 20.3. The number of aromatic amines is 1. The van der Waals surface area contributed by atoms with Crippen LogP contribution in [0.5, 0.6) is 0 Å². The van der Waals surface area contributed by atoms with Crippen LogP contribution in [-0.4, -0.2) is 35.0 Å². The standard InChI is InChI=1S/C19H26N4O2S.ClH/c1-11-2-3-13-14(10-11)26-19-17(13)18(25)22-15(23-19)4-5-16(24)21-12-6-8-20-9-7-12;/h11-12,20H,2-10H2,1H3,(H,21,24)(H,22,23,25);1H. The van der Waals surface area contributed by atoms with Gasteiger partial charge in [-0.2, -0.15) is 0 Å². The number of hydrogen-bond donors (Lipinski definition) is 3. The SMILES string of the molecule is CC1CCc2c(sc3nc(CCC(=O)NC4CCNCC4)[nH]c(=O)c23)C1.Cl. The Morgan fingerprint density at radius 3 is 2.85 bits per heavy atom. The van der Waals surface area contributed by atoms with E-state index in [-0.39, 0.29) is 29.9 Å². The molecule has 27 heavy (non-hydrogen) atoms. The molecule has 0 bridgehead atoms. The average Bonchev–Trinajstić information content (AvgIpc) is 2.98. The fourth-order valence-corrected chi connectivity index (χ4v) is 5.41. The van der Waals surface area contributed by atoms with Crippen LogP contribution in [0.4, 0.5) is 0 Å². The van der Waals surface area contributed by atoms with Crippen molar-refractivity contribution in [2.45, 2.75) is 57.9 Å². The molecule has 1 amide bonds. The Bertz CT molecular complexity index is 872. The summed E-state index contributed by atoms with van der Waals surface area (Å²) in [4.78, 5) is 34.5. The first-order valence-corrected chi connectivity index (χ1v) is 10.5. The van der Waals surface area contributed by atoms with E-state index in [1.807, 2.05) is 0 Å². The van der Waals surface area contributed by atoms with Gasteiger partial charge in [-0.3, -0.25) is 9.59 Å². The molecule has 0 saturated carbocycles. The fraction of sp³-hybridized carbons (Fsp3) is 0.632. The molecule has 2 aromatic heterocycles. The van der Waals surface area contributed by atoms with Gasteiger partial charge in [0.05, 0.1) is 5.39 Å². The van der Waals surface area contributed by atoms with Crippen molar-refractivity contribution >= 4 is 39.9 Å². The highest BCUT2D eigenvalue weighted by Crippen LogP contribution is 2.35. The van der Waals surface area contributed by atoms with Crippen LogP contribution >= 0.6 is 23.7 Å². The zero-order valence-electron chi connectivity index (χ0n) is 15.6. The summed E-state index contributed by atoms with van der Waals surface area (Å²) in [5.41, 5.74) is 1.16. The second-order valence-corrected chi connectivity index (χ2v) is 8.72. The largest absolute Gasteiger partial charge is 0.353 e. The van der Waals surface area contributed by atoms with E-state index < -0.39 is 0 Å². The molecule has 0 spiro atoms. The molecule has 0 radical (unpaired) electrons. The number of thiophene rings is 1. The maximum absolute atomic E-state index is 12.6. The van der Waals surface area contributed by atoms with Gasteiger partial charge in [0.1, 0.15) is 10.7 Å². The number of amides is 1. The van der Waals surface area contributed by atoms with Crippen LogP contribution in [0.1, 0.15) is 48.9 Å². The predicted octanol–water partition coefficient (Wildman–Crippen LogP) is 2.33. The Hall–Kier alpha value is -1.44. The van der Waals surface area contributed by atoms with Crippen LogP contribution < -0.4 is 16.2 Å². The normalized spacial score (nSPS) is 20.1. The van der Waals surface area contributed by atoms with Crippen molar-refractivity contribution in [3.05, 3.63) is 26.6 Å². The fourth-order valence-electron chi connectivity index (χ4n) is 4.01. The molecule has 8 heteroatoms. The number of halogens is 1.